The molecule has 0 aliphatic heterocycles. The second kappa shape index (κ2) is 17.5. The molecule has 0 saturated heterocycles. The molecule has 0 saturated carbocycles. The summed E-state index contributed by atoms with van der Waals surface area (Å²) >= 11 is 5.67. The summed E-state index contributed by atoms with van der Waals surface area (Å²) in [6.07, 6.45) is 4.45. The lowest BCUT2D eigenvalue weighted by molar-refractivity contribution is -0.123. The highest BCUT2D eigenvalue weighted by Crippen LogP contribution is 2.29. The van der Waals surface area contributed by atoms with Crippen LogP contribution in [0.3, 0.4) is 0 Å². The zero-order valence-electron chi connectivity index (χ0n) is 20.8. The first kappa shape index (κ1) is 28.3. The van der Waals surface area contributed by atoms with Crippen LogP contribution in [0, 0.1) is 0 Å². The summed E-state index contributed by atoms with van der Waals surface area (Å²) in [5.74, 6) is 0.740. The summed E-state index contributed by atoms with van der Waals surface area (Å²) in [6.45, 7) is 7.49. The molecule has 34 heavy (non-hydrogen) atoms. The van der Waals surface area contributed by atoms with Crippen LogP contribution >= 0.6 is 11.6 Å². The highest BCUT2D eigenvalue weighted by molar-refractivity contribution is 6.17. The van der Waals surface area contributed by atoms with Gasteiger partial charge in [0.2, 0.25) is 5.91 Å². The topological polar surface area (TPSA) is 50.8 Å². The second-order valence-corrected chi connectivity index (χ2v) is 8.90. The van der Waals surface area contributed by atoms with Crippen molar-refractivity contribution in [2.24, 2.45) is 0 Å². The van der Waals surface area contributed by atoms with E-state index in [4.69, 9.17) is 21.1 Å². The van der Waals surface area contributed by atoms with Crippen LogP contribution in [-0.4, -0.2) is 56.2 Å². The molecule has 0 heterocycles. The lowest BCUT2D eigenvalue weighted by Gasteiger charge is -2.34. The molecule has 6 heteroatoms. The molecule has 5 nitrogen and oxygen atoms in total. The minimum Gasteiger partial charge on any atom is -0.379 e. The maximum absolute atomic E-state index is 12.8. The Morgan fingerprint density at radius 3 is 1.88 bits per heavy atom. The summed E-state index contributed by atoms with van der Waals surface area (Å²) in [6, 6.07) is 20.9. The van der Waals surface area contributed by atoms with E-state index in [0.717, 1.165) is 38.2 Å². The Morgan fingerprint density at radius 2 is 1.32 bits per heavy atom. The quantitative estimate of drug-likeness (QED) is 0.214. The van der Waals surface area contributed by atoms with E-state index in [1.54, 1.807) is 0 Å². The van der Waals surface area contributed by atoms with Crippen LogP contribution in [0.2, 0.25) is 0 Å². The number of amides is 1. The summed E-state index contributed by atoms with van der Waals surface area (Å²) in [7, 11) is 0. The number of hydrogen-bond acceptors (Lipinski definition) is 4. The first-order chi connectivity index (χ1) is 16.6. The monoisotopic (exact) mass is 488 g/mol. The standard InChI is InChI=1S/C28H41ClN2O3/c1-24(26-13-7-5-8-14-26)31(25(2)27-15-9-6-10-16-27)23-28(32)30-18-20-34-22-21-33-19-12-4-3-11-17-29/h5-10,13-16,24-25H,3-4,11-12,17-23H2,1-2H3,(H,30,32)/t24-,25-/m1/s1. The lowest BCUT2D eigenvalue weighted by Crippen LogP contribution is -2.41. The highest BCUT2D eigenvalue weighted by atomic mass is 35.5. The lowest BCUT2D eigenvalue weighted by atomic mass is 10.0. The number of halogens is 1. The predicted octanol–water partition coefficient (Wildman–Crippen LogP) is 5.76. The molecular weight excluding hydrogens is 448 g/mol. The molecule has 1 N–H and O–H groups in total. The Morgan fingerprint density at radius 1 is 0.794 bits per heavy atom. The summed E-state index contributed by atoms with van der Waals surface area (Å²) in [4.78, 5) is 15.0. The van der Waals surface area contributed by atoms with Gasteiger partial charge in [-0.05, 0) is 37.8 Å². The molecule has 2 aromatic carbocycles. The van der Waals surface area contributed by atoms with Gasteiger partial charge in [0.15, 0.2) is 0 Å². The first-order valence-electron chi connectivity index (χ1n) is 12.5. The predicted molar refractivity (Wildman–Crippen MR) is 140 cm³/mol. The zero-order chi connectivity index (χ0) is 24.4. The fraction of sp³-hybridized carbons (Fsp3) is 0.536. The largest absolute Gasteiger partial charge is 0.379 e. The Labute approximate surface area is 210 Å². The van der Waals surface area contributed by atoms with Crippen LogP contribution < -0.4 is 5.32 Å². The summed E-state index contributed by atoms with van der Waals surface area (Å²) < 4.78 is 11.2. The minimum atomic E-state index is 0.00218. The fourth-order valence-corrected chi connectivity index (χ4v) is 4.10. The van der Waals surface area contributed by atoms with Crippen molar-refractivity contribution in [2.75, 3.05) is 45.4 Å². The van der Waals surface area contributed by atoms with Crippen LogP contribution in [0.4, 0.5) is 0 Å². The molecule has 188 valence electrons. The summed E-state index contributed by atoms with van der Waals surface area (Å²) in [5, 5.41) is 3.00. The maximum atomic E-state index is 12.8. The molecule has 2 atom stereocenters. The Balaban J connectivity index is 1.72. The molecule has 1 amide bonds. The van der Waals surface area contributed by atoms with Crippen molar-refractivity contribution in [1.82, 2.24) is 10.2 Å². The molecule has 2 rings (SSSR count). The van der Waals surface area contributed by atoms with Crippen molar-refractivity contribution in [2.45, 2.75) is 51.6 Å². The Hall–Kier alpha value is -1.92. The molecule has 0 unspecified atom stereocenters. The van der Waals surface area contributed by atoms with Gasteiger partial charge in [-0.2, -0.15) is 0 Å². The normalized spacial score (nSPS) is 13.1. The average molecular weight is 489 g/mol. The van der Waals surface area contributed by atoms with Crippen molar-refractivity contribution < 1.29 is 14.3 Å². The van der Waals surface area contributed by atoms with Gasteiger partial charge in [-0.1, -0.05) is 73.5 Å². The van der Waals surface area contributed by atoms with Gasteiger partial charge in [-0.15, -0.1) is 11.6 Å². The van der Waals surface area contributed by atoms with Crippen molar-refractivity contribution in [1.29, 1.82) is 0 Å². The number of alkyl halides is 1. The van der Waals surface area contributed by atoms with E-state index in [0.29, 0.717) is 32.9 Å². The highest BCUT2D eigenvalue weighted by Gasteiger charge is 2.24. The van der Waals surface area contributed by atoms with Crippen molar-refractivity contribution in [3.8, 4) is 0 Å². The van der Waals surface area contributed by atoms with E-state index in [-0.39, 0.29) is 18.0 Å². The number of hydrogen-bond donors (Lipinski definition) is 1. The maximum Gasteiger partial charge on any atom is 0.234 e. The zero-order valence-corrected chi connectivity index (χ0v) is 21.5. The molecule has 2 aromatic rings. The summed E-state index contributed by atoms with van der Waals surface area (Å²) in [5.41, 5.74) is 2.39. The second-order valence-electron chi connectivity index (χ2n) is 8.52. The third-order valence-electron chi connectivity index (χ3n) is 6.00. The first-order valence-corrected chi connectivity index (χ1v) is 13.0. The number of ether oxygens (including phenoxy) is 2. The molecule has 0 aromatic heterocycles. The van der Waals surface area contributed by atoms with Crippen molar-refractivity contribution in [3.05, 3.63) is 71.8 Å². The molecule has 0 bridgehead atoms. The van der Waals surface area contributed by atoms with E-state index in [1.165, 1.54) is 11.1 Å². The molecule has 0 fully saturated rings. The third kappa shape index (κ3) is 11.0. The minimum absolute atomic E-state index is 0.00218. The van der Waals surface area contributed by atoms with Crippen LogP contribution in [0.25, 0.3) is 0 Å². The van der Waals surface area contributed by atoms with Gasteiger partial charge in [0, 0.05) is 31.1 Å². The molecule has 0 spiro atoms. The van der Waals surface area contributed by atoms with Crippen LogP contribution in [0.15, 0.2) is 60.7 Å². The third-order valence-corrected chi connectivity index (χ3v) is 6.27. The van der Waals surface area contributed by atoms with Crippen LogP contribution in [0.5, 0.6) is 0 Å². The number of rotatable bonds is 18. The van der Waals surface area contributed by atoms with Gasteiger partial charge in [0.1, 0.15) is 0 Å². The van der Waals surface area contributed by atoms with Gasteiger partial charge in [0.25, 0.3) is 0 Å². The van der Waals surface area contributed by atoms with Gasteiger partial charge in [-0.25, -0.2) is 0 Å². The molecular formula is C28H41ClN2O3. The van der Waals surface area contributed by atoms with E-state index in [9.17, 15) is 4.79 Å². The number of nitrogens with one attached hydrogen (secondary N) is 1. The van der Waals surface area contributed by atoms with E-state index in [2.05, 4.69) is 48.3 Å². The van der Waals surface area contributed by atoms with Crippen molar-refractivity contribution >= 4 is 17.5 Å². The van der Waals surface area contributed by atoms with E-state index < -0.39 is 0 Å². The smallest absolute Gasteiger partial charge is 0.234 e. The van der Waals surface area contributed by atoms with E-state index >= 15 is 0 Å². The number of unbranched alkanes of at least 4 members (excludes halogenated alkanes) is 3. The Kier molecular flexibility index (Phi) is 14.6. The van der Waals surface area contributed by atoms with Gasteiger partial charge in [0.05, 0.1) is 26.4 Å². The molecule has 0 radical (unpaired) electrons. The number of carbonyl (C=O) groups excluding carboxylic acids is 1. The average Bonchev–Trinajstić information content (AvgIpc) is 2.88. The SMILES string of the molecule is C[C@H](c1ccccc1)N(CC(=O)NCCOCCOCCCCCCCl)[C@H](C)c1ccccc1. The Bertz CT molecular complexity index is 730. The molecule has 0 aliphatic rings. The van der Waals surface area contributed by atoms with E-state index in [1.807, 2.05) is 36.4 Å². The number of carbonyl (C=O) groups is 1. The van der Waals surface area contributed by atoms with Gasteiger partial charge >= 0.3 is 0 Å². The van der Waals surface area contributed by atoms with Gasteiger partial charge < -0.3 is 14.8 Å². The fourth-order valence-electron chi connectivity index (χ4n) is 3.91. The van der Waals surface area contributed by atoms with Crippen LogP contribution in [-0.2, 0) is 14.3 Å². The molecule has 0 aliphatic carbocycles. The van der Waals surface area contributed by atoms with Crippen LogP contribution in [0.1, 0.15) is 62.7 Å². The number of benzene rings is 2. The van der Waals surface area contributed by atoms with Gasteiger partial charge in [-0.3, -0.25) is 9.69 Å². The van der Waals surface area contributed by atoms with Crippen molar-refractivity contribution in [3.63, 3.8) is 0 Å². The number of nitrogens with zero attached hydrogens (tertiary/aromatic N) is 1.